The van der Waals surface area contributed by atoms with E-state index in [-0.39, 0.29) is 6.04 Å². The molecule has 1 atom stereocenters. The molecule has 0 aliphatic rings. The van der Waals surface area contributed by atoms with Gasteiger partial charge in [0.15, 0.2) is 0 Å². The van der Waals surface area contributed by atoms with E-state index in [0.29, 0.717) is 5.95 Å². The van der Waals surface area contributed by atoms with Gasteiger partial charge in [-0.25, -0.2) is 10.8 Å². The first-order valence-corrected chi connectivity index (χ1v) is 6.69. The number of aryl methyl sites for hydroxylation is 1. The number of nitrogens with two attached hydrogens (primary N) is 1. The van der Waals surface area contributed by atoms with E-state index in [1.807, 2.05) is 44.3 Å². The van der Waals surface area contributed by atoms with E-state index >= 15 is 0 Å². The van der Waals surface area contributed by atoms with E-state index in [4.69, 9.17) is 17.4 Å². The lowest BCUT2D eigenvalue weighted by Crippen LogP contribution is -2.24. The number of halogens is 1. The predicted octanol–water partition coefficient (Wildman–Crippen LogP) is 2.92. The summed E-state index contributed by atoms with van der Waals surface area (Å²) in [6.07, 6.45) is 0. The molecule has 2 rings (SSSR count). The van der Waals surface area contributed by atoms with Gasteiger partial charge in [-0.15, -0.1) is 0 Å². The highest BCUT2D eigenvalue weighted by Crippen LogP contribution is 2.26. The highest BCUT2D eigenvalue weighted by molar-refractivity contribution is 6.30. The van der Waals surface area contributed by atoms with Crippen LogP contribution in [0.3, 0.4) is 0 Å². The van der Waals surface area contributed by atoms with E-state index in [9.17, 15) is 0 Å². The standard InChI is InChI=1S/C14H18ClN5/c1-9-7-13(18-14(17-9)19-16)20(3)10(2)11-5-4-6-12(15)8-11/h4-8,10H,16H2,1-3H3,(H,17,18,19). The summed E-state index contributed by atoms with van der Waals surface area (Å²) < 4.78 is 0. The largest absolute Gasteiger partial charge is 0.353 e. The lowest BCUT2D eigenvalue weighted by molar-refractivity contribution is 0.726. The SMILES string of the molecule is Cc1cc(N(C)C(C)c2cccc(Cl)c2)nc(NN)n1. The summed E-state index contributed by atoms with van der Waals surface area (Å²) in [6.45, 7) is 4.00. The van der Waals surface area contributed by atoms with Crippen molar-refractivity contribution in [2.75, 3.05) is 17.4 Å². The third kappa shape index (κ3) is 3.18. The van der Waals surface area contributed by atoms with Crippen molar-refractivity contribution < 1.29 is 0 Å². The monoisotopic (exact) mass is 291 g/mol. The summed E-state index contributed by atoms with van der Waals surface area (Å²) in [5, 5.41) is 0.728. The van der Waals surface area contributed by atoms with Gasteiger partial charge in [0.25, 0.3) is 0 Å². The van der Waals surface area contributed by atoms with Gasteiger partial charge in [0, 0.05) is 23.8 Å². The maximum absolute atomic E-state index is 6.04. The Bertz CT molecular complexity index is 602. The van der Waals surface area contributed by atoms with Gasteiger partial charge in [-0.05, 0) is 31.5 Å². The molecular formula is C14H18ClN5. The molecule has 0 fully saturated rings. The fourth-order valence-corrected chi connectivity index (χ4v) is 2.18. The van der Waals surface area contributed by atoms with Gasteiger partial charge in [0.1, 0.15) is 5.82 Å². The molecule has 1 heterocycles. The Morgan fingerprint density at radius 3 is 2.70 bits per heavy atom. The molecule has 0 aliphatic heterocycles. The maximum atomic E-state index is 6.04. The second-order valence-electron chi connectivity index (χ2n) is 4.68. The summed E-state index contributed by atoms with van der Waals surface area (Å²) in [6, 6.07) is 9.86. The summed E-state index contributed by atoms with van der Waals surface area (Å²) in [5.41, 5.74) is 4.46. The highest BCUT2D eigenvalue weighted by atomic mass is 35.5. The molecule has 0 aliphatic carbocycles. The van der Waals surface area contributed by atoms with Crippen LogP contribution in [0.2, 0.25) is 5.02 Å². The minimum atomic E-state index is 0.133. The van der Waals surface area contributed by atoms with Crippen LogP contribution in [0.5, 0.6) is 0 Å². The van der Waals surface area contributed by atoms with E-state index < -0.39 is 0 Å². The number of nitrogens with one attached hydrogen (secondary N) is 1. The van der Waals surface area contributed by atoms with Crippen molar-refractivity contribution in [2.24, 2.45) is 5.84 Å². The molecule has 0 amide bonds. The lowest BCUT2D eigenvalue weighted by atomic mass is 10.1. The predicted molar refractivity (Wildman–Crippen MR) is 82.8 cm³/mol. The van der Waals surface area contributed by atoms with Crippen molar-refractivity contribution in [1.29, 1.82) is 0 Å². The number of nitrogen functional groups attached to an aromatic ring is 1. The minimum absolute atomic E-state index is 0.133. The molecule has 1 aromatic carbocycles. The number of aromatic nitrogens is 2. The van der Waals surface area contributed by atoms with E-state index in [1.165, 1.54) is 0 Å². The van der Waals surface area contributed by atoms with Gasteiger partial charge in [-0.3, -0.25) is 5.43 Å². The van der Waals surface area contributed by atoms with Crippen LogP contribution in [0, 0.1) is 6.92 Å². The molecule has 3 N–H and O–H groups in total. The third-order valence-corrected chi connectivity index (χ3v) is 3.48. The Labute approximate surface area is 123 Å². The van der Waals surface area contributed by atoms with Gasteiger partial charge < -0.3 is 4.90 Å². The molecule has 0 saturated heterocycles. The Hall–Kier alpha value is -1.85. The molecule has 0 radical (unpaired) electrons. The molecule has 106 valence electrons. The number of hydrogen-bond donors (Lipinski definition) is 2. The van der Waals surface area contributed by atoms with Crippen molar-refractivity contribution in [3.8, 4) is 0 Å². The Morgan fingerprint density at radius 2 is 2.05 bits per heavy atom. The van der Waals surface area contributed by atoms with Gasteiger partial charge in [0.2, 0.25) is 5.95 Å². The highest BCUT2D eigenvalue weighted by Gasteiger charge is 2.15. The number of nitrogens with zero attached hydrogens (tertiary/aromatic N) is 3. The molecule has 0 spiro atoms. The summed E-state index contributed by atoms with van der Waals surface area (Å²) in [5.74, 6) is 6.60. The summed E-state index contributed by atoms with van der Waals surface area (Å²) in [7, 11) is 1.98. The zero-order valence-electron chi connectivity index (χ0n) is 11.8. The van der Waals surface area contributed by atoms with Crippen LogP contribution >= 0.6 is 11.6 Å². The average molecular weight is 292 g/mol. The van der Waals surface area contributed by atoms with Crippen LogP contribution in [0.1, 0.15) is 24.2 Å². The number of anilines is 2. The summed E-state index contributed by atoms with van der Waals surface area (Å²) >= 11 is 6.04. The van der Waals surface area contributed by atoms with Crippen LogP contribution in [0.15, 0.2) is 30.3 Å². The zero-order chi connectivity index (χ0) is 14.7. The van der Waals surface area contributed by atoms with Gasteiger partial charge in [0.05, 0.1) is 6.04 Å². The topological polar surface area (TPSA) is 67.1 Å². The van der Waals surface area contributed by atoms with E-state index in [2.05, 4.69) is 27.2 Å². The van der Waals surface area contributed by atoms with Gasteiger partial charge in [-0.1, -0.05) is 23.7 Å². The molecule has 5 nitrogen and oxygen atoms in total. The molecule has 20 heavy (non-hydrogen) atoms. The minimum Gasteiger partial charge on any atom is -0.353 e. The average Bonchev–Trinajstić information content (AvgIpc) is 2.45. The Kier molecular flexibility index (Phi) is 4.42. The van der Waals surface area contributed by atoms with Crippen LogP contribution in [-0.2, 0) is 0 Å². The van der Waals surface area contributed by atoms with E-state index in [1.54, 1.807) is 0 Å². The molecule has 0 bridgehead atoms. The van der Waals surface area contributed by atoms with Gasteiger partial charge in [-0.2, -0.15) is 4.98 Å². The van der Waals surface area contributed by atoms with Gasteiger partial charge >= 0.3 is 0 Å². The van der Waals surface area contributed by atoms with Crippen LogP contribution in [-0.4, -0.2) is 17.0 Å². The fraction of sp³-hybridized carbons (Fsp3) is 0.286. The Balaban J connectivity index is 2.30. The lowest BCUT2D eigenvalue weighted by Gasteiger charge is -2.27. The number of rotatable bonds is 4. The maximum Gasteiger partial charge on any atom is 0.239 e. The number of benzene rings is 1. The normalized spacial score (nSPS) is 12.1. The number of hydrazine groups is 1. The van der Waals surface area contributed by atoms with Crippen molar-refractivity contribution in [1.82, 2.24) is 9.97 Å². The molecule has 6 heteroatoms. The molecular weight excluding hydrogens is 274 g/mol. The number of hydrogen-bond acceptors (Lipinski definition) is 5. The zero-order valence-corrected chi connectivity index (χ0v) is 12.5. The van der Waals surface area contributed by atoms with Crippen LogP contribution in [0.25, 0.3) is 0 Å². The first kappa shape index (κ1) is 14.6. The summed E-state index contributed by atoms with van der Waals surface area (Å²) in [4.78, 5) is 10.6. The molecule has 1 unspecified atom stereocenters. The van der Waals surface area contributed by atoms with Crippen molar-refractivity contribution in [3.63, 3.8) is 0 Å². The van der Waals surface area contributed by atoms with Crippen LogP contribution < -0.4 is 16.2 Å². The van der Waals surface area contributed by atoms with Crippen molar-refractivity contribution in [2.45, 2.75) is 19.9 Å². The second kappa shape index (κ2) is 6.07. The molecule has 2 aromatic rings. The first-order chi connectivity index (χ1) is 9.51. The fourth-order valence-electron chi connectivity index (χ4n) is 1.99. The van der Waals surface area contributed by atoms with Crippen molar-refractivity contribution in [3.05, 3.63) is 46.6 Å². The second-order valence-corrected chi connectivity index (χ2v) is 5.11. The first-order valence-electron chi connectivity index (χ1n) is 6.32. The smallest absolute Gasteiger partial charge is 0.239 e. The quantitative estimate of drug-likeness (QED) is 0.670. The van der Waals surface area contributed by atoms with Crippen LogP contribution in [0.4, 0.5) is 11.8 Å². The van der Waals surface area contributed by atoms with E-state index in [0.717, 1.165) is 22.1 Å². The third-order valence-electron chi connectivity index (χ3n) is 3.24. The molecule has 1 aromatic heterocycles. The molecule has 0 saturated carbocycles. The Morgan fingerprint density at radius 1 is 1.30 bits per heavy atom. The van der Waals surface area contributed by atoms with Crippen molar-refractivity contribution >= 4 is 23.4 Å².